The standard InChI is InChI=1S/ClH.Cu.H2O2/c;;1-2/h1H;;1-2H. The van der Waals surface area contributed by atoms with Gasteiger partial charge in [-0.05, 0) is 0 Å². The van der Waals surface area contributed by atoms with E-state index >= 15 is 0 Å². The second-order valence-corrected chi connectivity index (χ2v) is 0. The van der Waals surface area contributed by atoms with Crippen molar-refractivity contribution in [1.82, 2.24) is 0 Å². The quantitative estimate of drug-likeness (QED) is 0.286. The Balaban J connectivity index is -0.00000000500. The Morgan fingerprint density at radius 1 is 1.00 bits per heavy atom. The summed E-state index contributed by atoms with van der Waals surface area (Å²) in [7, 11) is 0. The minimum Gasteiger partial charge on any atom is -0.255 e. The third kappa shape index (κ3) is 15.3. The SMILES string of the molecule is Cl.OO.[Cu]. The third-order valence-corrected chi connectivity index (χ3v) is 0. The van der Waals surface area contributed by atoms with Crippen molar-refractivity contribution >= 4 is 12.4 Å². The zero-order chi connectivity index (χ0) is 2.00. The van der Waals surface area contributed by atoms with E-state index in [9.17, 15) is 0 Å². The van der Waals surface area contributed by atoms with E-state index in [1.165, 1.54) is 0 Å². The maximum Gasteiger partial charge on any atom is 0 e. The molecule has 0 aliphatic carbocycles. The van der Waals surface area contributed by atoms with Crippen LogP contribution in [0.25, 0.3) is 0 Å². The molecule has 0 fully saturated rings. The number of halogens is 1. The summed E-state index contributed by atoms with van der Waals surface area (Å²) in [6.45, 7) is 0. The molecule has 0 saturated carbocycles. The predicted octanol–water partition coefficient (Wildman–Crippen LogP) is 0.437. The molecule has 0 unspecified atom stereocenters. The van der Waals surface area contributed by atoms with Crippen molar-refractivity contribution in [2.24, 2.45) is 0 Å². The van der Waals surface area contributed by atoms with Crippen LogP contribution >= 0.6 is 12.4 Å². The molecule has 0 rings (SSSR count). The van der Waals surface area contributed by atoms with Gasteiger partial charge in [0.25, 0.3) is 0 Å². The van der Waals surface area contributed by atoms with Gasteiger partial charge in [-0.15, -0.1) is 12.4 Å². The van der Waals surface area contributed by atoms with Gasteiger partial charge in [-0.3, -0.25) is 10.5 Å². The molecule has 0 saturated heterocycles. The molecule has 0 aromatic heterocycles. The topological polar surface area (TPSA) is 40.5 Å². The van der Waals surface area contributed by atoms with Crippen LogP contribution < -0.4 is 0 Å². The molecule has 0 bridgehead atoms. The van der Waals surface area contributed by atoms with Crippen molar-refractivity contribution < 1.29 is 27.6 Å². The van der Waals surface area contributed by atoms with Gasteiger partial charge in [-0.1, -0.05) is 0 Å². The molecule has 0 aliphatic heterocycles. The molecule has 33 valence electrons. The first-order valence-corrected chi connectivity index (χ1v) is 0.200. The maximum absolute atomic E-state index is 6.00. The van der Waals surface area contributed by atoms with Crippen molar-refractivity contribution in [2.75, 3.05) is 0 Å². The van der Waals surface area contributed by atoms with Crippen LogP contribution in [0.5, 0.6) is 0 Å². The first kappa shape index (κ1) is 22.0. The normalized spacial score (nSPS) is 1.50. The van der Waals surface area contributed by atoms with Crippen molar-refractivity contribution in [3.05, 3.63) is 0 Å². The van der Waals surface area contributed by atoms with Gasteiger partial charge < -0.3 is 0 Å². The average Bonchev–Trinajstić information content (AvgIpc) is 1.00. The third-order valence-electron chi connectivity index (χ3n) is 0. The fourth-order valence-corrected chi connectivity index (χ4v) is 0. The van der Waals surface area contributed by atoms with Gasteiger partial charge in [0.15, 0.2) is 0 Å². The molecule has 0 aromatic rings. The van der Waals surface area contributed by atoms with Crippen LogP contribution in [0.2, 0.25) is 0 Å². The first-order chi connectivity index (χ1) is 1.00. The van der Waals surface area contributed by atoms with Crippen molar-refractivity contribution in [2.45, 2.75) is 0 Å². The average molecular weight is 134 g/mol. The van der Waals surface area contributed by atoms with Gasteiger partial charge in [0, 0.05) is 17.1 Å². The van der Waals surface area contributed by atoms with Crippen LogP contribution in [0.4, 0.5) is 0 Å². The van der Waals surface area contributed by atoms with Crippen molar-refractivity contribution in [3.63, 3.8) is 0 Å². The smallest absolute Gasteiger partial charge is 0 e. The molecule has 2 N–H and O–H groups in total. The summed E-state index contributed by atoms with van der Waals surface area (Å²) in [6, 6.07) is 0. The van der Waals surface area contributed by atoms with Crippen LogP contribution in [0.3, 0.4) is 0 Å². The summed E-state index contributed by atoms with van der Waals surface area (Å²) in [5.74, 6) is 0. The summed E-state index contributed by atoms with van der Waals surface area (Å²) in [6.07, 6.45) is 0. The van der Waals surface area contributed by atoms with Gasteiger partial charge in [0.05, 0.1) is 0 Å². The van der Waals surface area contributed by atoms with Crippen LogP contribution in [0.1, 0.15) is 0 Å². The number of hydrogen-bond acceptors (Lipinski definition) is 2. The van der Waals surface area contributed by atoms with E-state index in [1.54, 1.807) is 0 Å². The fourth-order valence-electron chi connectivity index (χ4n) is 0. The van der Waals surface area contributed by atoms with Crippen molar-refractivity contribution in [1.29, 1.82) is 0 Å². The van der Waals surface area contributed by atoms with Crippen LogP contribution in [0.15, 0.2) is 0 Å². The first-order valence-electron chi connectivity index (χ1n) is 0.200. The van der Waals surface area contributed by atoms with E-state index in [-0.39, 0.29) is 29.5 Å². The fraction of sp³-hybridized carbons (Fsp3) is 0. The molecular weight excluding hydrogens is 131 g/mol. The molecule has 0 aliphatic rings. The molecule has 0 atom stereocenters. The van der Waals surface area contributed by atoms with Gasteiger partial charge in [0.2, 0.25) is 0 Å². The summed E-state index contributed by atoms with van der Waals surface area (Å²) in [5, 5.41) is 12.0. The minimum absolute atomic E-state index is 0. The van der Waals surface area contributed by atoms with Gasteiger partial charge in [-0.25, -0.2) is 0 Å². The molecule has 4 heavy (non-hydrogen) atoms. The molecule has 1 radical (unpaired) electrons. The Hall–Kier alpha value is 0.729. The Bertz CT molecular complexity index is 6.00. The second kappa shape index (κ2) is 52.2. The predicted molar refractivity (Wildman–Crippen MR) is 12.5 cm³/mol. The molecule has 4 heteroatoms. The zero-order valence-electron chi connectivity index (χ0n) is 1.60. The van der Waals surface area contributed by atoms with Crippen LogP contribution in [0, 0.1) is 0 Å². The monoisotopic (exact) mass is 133 g/mol. The summed E-state index contributed by atoms with van der Waals surface area (Å²) < 4.78 is 0. The number of rotatable bonds is 0. The molecular formula is H3ClCuO2. The Kier molecular flexibility index (Phi) is 287. The van der Waals surface area contributed by atoms with Crippen LogP contribution in [-0.4, -0.2) is 10.5 Å². The summed E-state index contributed by atoms with van der Waals surface area (Å²) in [4.78, 5) is 0. The molecule has 0 heterocycles. The van der Waals surface area contributed by atoms with Crippen molar-refractivity contribution in [3.8, 4) is 0 Å². The Morgan fingerprint density at radius 3 is 1.00 bits per heavy atom. The minimum atomic E-state index is 0. The van der Waals surface area contributed by atoms with E-state index < -0.39 is 0 Å². The van der Waals surface area contributed by atoms with E-state index in [1.807, 2.05) is 0 Å². The molecule has 0 aromatic carbocycles. The zero-order valence-corrected chi connectivity index (χ0v) is 3.36. The van der Waals surface area contributed by atoms with Gasteiger partial charge >= 0.3 is 0 Å². The maximum atomic E-state index is 6.00. The Morgan fingerprint density at radius 2 is 1.00 bits per heavy atom. The Labute approximate surface area is 40.6 Å². The van der Waals surface area contributed by atoms with Gasteiger partial charge in [0.1, 0.15) is 0 Å². The van der Waals surface area contributed by atoms with Crippen LogP contribution in [-0.2, 0) is 17.1 Å². The van der Waals surface area contributed by atoms with E-state index in [0.717, 1.165) is 0 Å². The largest absolute Gasteiger partial charge is 0.255 e. The molecule has 0 spiro atoms. The summed E-state index contributed by atoms with van der Waals surface area (Å²) >= 11 is 0. The molecule has 2 nitrogen and oxygen atoms in total. The van der Waals surface area contributed by atoms with E-state index in [2.05, 4.69) is 0 Å². The number of hydrogen-bond donors (Lipinski definition) is 2. The van der Waals surface area contributed by atoms with E-state index in [4.69, 9.17) is 10.5 Å². The second-order valence-electron chi connectivity index (χ2n) is 0. The summed E-state index contributed by atoms with van der Waals surface area (Å²) in [5.41, 5.74) is 0. The van der Waals surface area contributed by atoms with E-state index in [0.29, 0.717) is 0 Å². The molecule has 0 amide bonds. The van der Waals surface area contributed by atoms with Gasteiger partial charge in [-0.2, -0.15) is 0 Å².